The van der Waals surface area contributed by atoms with E-state index in [2.05, 4.69) is 0 Å². The first-order valence-corrected chi connectivity index (χ1v) is 3.95. The van der Waals surface area contributed by atoms with Crippen molar-refractivity contribution in [3.05, 3.63) is 35.1 Å². The molecule has 0 atom stereocenters. The van der Waals surface area contributed by atoms with Gasteiger partial charge in [0.05, 0.1) is 12.0 Å². The fourth-order valence-corrected chi connectivity index (χ4v) is 1.18. The van der Waals surface area contributed by atoms with Gasteiger partial charge < -0.3 is 5.73 Å². The molecule has 6 heteroatoms. The minimum atomic E-state index is -4.69. The SMILES string of the molecule is NC(=O)Cc1c(F)cccc1C(F)(F)F. The van der Waals surface area contributed by atoms with Gasteiger partial charge in [-0.05, 0) is 12.1 Å². The van der Waals surface area contributed by atoms with Crippen molar-refractivity contribution < 1.29 is 22.4 Å². The number of benzene rings is 1. The molecular weight excluding hydrogens is 214 g/mol. The van der Waals surface area contributed by atoms with Crippen LogP contribution < -0.4 is 5.73 Å². The van der Waals surface area contributed by atoms with Crippen LogP contribution in [0.2, 0.25) is 0 Å². The molecule has 0 aliphatic heterocycles. The lowest BCUT2D eigenvalue weighted by atomic mass is 10.0. The van der Waals surface area contributed by atoms with E-state index in [1.54, 1.807) is 0 Å². The molecule has 0 radical (unpaired) electrons. The third kappa shape index (κ3) is 2.68. The first-order chi connectivity index (χ1) is 6.82. The highest BCUT2D eigenvalue weighted by Crippen LogP contribution is 2.33. The molecule has 0 saturated heterocycles. The van der Waals surface area contributed by atoms with E-state index in [4.69, 9.17) is 5.73 Å². The molecule has 82 valence electrons. The van der Waals surface area contributed by atoms with E-state index in [0.717, 1.165) is 12.1 Å². The molecule has 0 saturated carbocycles. The molecule has 1 aromatic carbocycles. The molecule has 0 unspecified atom stereocenters. The zero-order chi connectivity index (χ0) is 11.6. The quantitative estimate of drug-likeness (QED) is 0.761. The van der Waals surface area contributed by atoms with Gasteiger partial charge in [0.1, 0.15) is 5.82 Å². The Bertz CT molecular complexity index is 386. The molecule has 2 N–H and O–H groups in total. The lowest BCUT2D eigenvalue weighted by molar-refractivity contribution is -0.138. The van der Waals surface area contributed by atoms with E-state index in [0.29, 0.717) is 6.07 Å². The molecule has 0 aliphatic rings. The number of amides is 1. The second-order valence-corrected chi connectivity index (χ2v) is 2.91. The summed E-state index contributed by atoms with van der Waals surface area (Å²) >= 11 is 0. The highest BCUT2D eigenvalue weighted by Gasteiger charge is 2.34. The number of primary amides is 1. The number of carbonyl (C=O) groups is 1. The third-order valence-corrected chi connectivity index (χ3v) is 1.78. The van der Waals surface area contributed by atoms with Gasteiger partial charge in [-0.15, -0.1) is 0 Å². The number of rotatable bonds is 2. The van der Waals surface area contributed by atoms with E-state index in [1.165, 1.54) is 0 Å². The van der Waals surface area contributed by atoms with Gasteiger partial charge in [-0.2, -0.15) is 13.2 Å². The number of hydrogen-bond donors (Lipinski definition) is 1. The molecule has 1 amide bonds. The fraction of sp³-hybridized carbons (Fsp3) is 0.222. The first-order valence-electron chi connectivity index (χ1n) is 3.95. The highest BCUT2D eigenvalue weighted by molar-refractivity contribution is 5.77. The Morgan fingerprint density at radius 3 is 2.40 bits per heavy atom. The molecule has 1 rings (SSSR count). The van der Waals surface area contributed by atoms with Gasteiger partial charge in [-0.1, -0.05) is 6.07 Å². The molecule has 0 bridgehead atoms. The fourth-order valence-electron chi connectivity index (χ4n) is 1.18. The summed E-state index contributed by atoms with van der Waals surface area (Å²) in [5.74, 6) is -2.09. The summed E-state index contributed by atoms with van der Waals surface area (Å²) in [5.41, 5.74) is 2.86. The zero-order valence-electron chi connectivity index (χ0n) is 7.44. The van der Waals surface area contributed by atoms with Crippen LogP contribution in [0.15, 0.2) is 18.2 Å². The summed E-state index contributed by atoms with van der Waals surface area (Å²) in [4.78, 5) is 10.5. The van der Waals surface area contributed by atoms with Crippen molar-refractivity contribution in [2.45, 2.75) is 12.6 Å². The van der Waals surface area contributed by atoms with Crippen LogP contribution >= 0.6 is 0 Å². The lowest BCUT2D eigenvalue weighted by Gasteiger charge is -2.12. The summed E-state index contributed by atoms with van der Waals surface area (Å²) in [6.07, 6.45) is -5.45. The Morgan fingerprint density at radius 1 is 1.33 bits per heavy atom. The van der Waals surface area contributed by atoms with Crippen LogP contribution in [0, 0.1) is 5.82 Å². The van der Waals surface area contributed by atoms with Crippen molar-refractivity contribution in [1.29, 1.82) is 0 Å². The standard InChI is InChI=1S/C9H7F4NO/c10-7-3-1-2-6(9(11,12)13)5(7)4-8(14)15/h1-3H,4H2,(H2,14,15). The van der Waals surface area contributed by atoms with Gasteiger partial charge in [-0.3, -0.25) is 4.79 Å². The summed E-state index contributed by atoms with van der Waals surface area (Å²) < 4.78 is 50.1. The second-order valence-electron chi connectivity index (χ2n) is 2.91. The van der Waals surface area contributed by atoms with E-state index in [-0.39, 0.29) is 0 Å². The smallest absolute Gasteiger partial charge is 0.369 e. The monoisotopic (exact) mass is 221 g/mol. The van der Waals surface area contributed by atoms with Gasteiger partial charge in [0.2, 0.25) is 5.91 Å². The molecule has 0 spiro atoms. The maximum Gasteiger partial charge on any atom is 0.416 e. The van der Waals surface area contributed by atoms with E-state index in [1.807, 2.05) is 0 Å². The average molecular weight is 221 g/mol. The largest absolute Gasteiger partial charge is 0.416 e. The van der Waals surface area contributed by atoms with E-state index < -0.39 is 35.4 Å². The van der Waals surface area contributed by atoms with Gasteiger partial charge in [0.15, 0.2) is 0 Å². The van der Waals surface area contributed by atoms with Crippen molar-refractivity contribution in [1.82, 2.24) is 0 Å². The molecule has 0 aliphatic carbocycles. The van der Waals surface area contributed by atoms with Crippen LogP contribution in [-0.2, 0) is 17.4 Å². The van der Waals surface area contributed by atoms with Crippen LogP contribution in [0.25, 0.3) is 0 Å². The maximum atomic E-state index is 13.0. The third-order valence-electron chi connectivity index (χ3n) is 1.78. The maximum absolute atomic E-state index is 13.0. The van der Waals surface area contributed by atoms with Crippen molar-refractivity contribution in [3.63, 3.8) is 0 Å². The van der Waals surface area contributed by atoms with Gasteiger partial charge in [-0.25, -0.2) is 4.39 Å². The number of alkyl halides is 3. The van der Waals surface area contributed by atoms with E-state index >= 15 is 0 Å². The van der Waals surface area contributed by atoms with Crippen LogP contribution in [0.1, 0.15) is 11.1 Å². The molecular formula is C9H7F4NO. The summed E-state index contributed by atoms with van der Waals surface area (Å²) in [6.45, 7) is 0. The predicted octanol–water partition coefficient (Wildman–Crippen LogP) is 1.87. The Kier molecular flexibility index (Phi) is 2.97. The Balaban J connectivity index is 3.26. The van der Waals surface area contributed by atoms with Crippen molar-refractivity contribution in [2.24, 2.45) is 5.73 Å². The number of carbonyl (C=O) groups excluding carboxylic acids is 1. The van der Waals surface area contributed by atoms with Crippen LogP contribution in [0.5, 0.6) is 0 Å². The minimum absolute atomic E-state index is 0.710. The van der Waals surface area contributed by atoms with Crippen LogP contribution in [0.3, 0.4) is 0 Å². The predicted molar refractivity (Wildman–Crippen MR) is 44.3 cm³/mol. The number of halogens is 4. The molecule has 2 nitrogen and oxygen atoms in total. The Morgan fingerprint density at radius 2 is 1.93 bits per heavy atom. The highest BCUT2D eigenvalue weighted by atomic mass is 19.4. The number of nitrogens with two attached hydrogens (primary N) is 1. The van der Waals surface area contributed by atoms with Gasteiger partial charge >= 0.3 is 6.18 Å². The van der Waals surface area contributed by atoms with Crippen molar-refractivity contribution >= 4 is 5.91 Å². The lowest BCUT2D eigenvalue weighted by Crippen LogP contribution is -2.19. The summed E-state index contributed by atoms with van der Waals surface area (Å²) in [6, 6.07) is 2.50. The van der Waals surface area contributed by atoms with Crippen LogP contribution in [-0.4, -0.2) is 5.91 Å². The van der Waals surface area contributed by atoms with Crippen LogP contribution in [0.4, 0.5) is 17.6 Å². The summed E-state index contributed by atoms with van der Waals surface area (Å²) in [5, 5.41) is 0. The Hall–Kier alpha value is -1.59. The van der Waals surface area contributed by atoms with Crippen molar-refractivity contribution in [2.75, 3.05) is 0 Å². The molecule has 0 fully saturated rings. The average Bonchev–Trinajstić information content (AvgIpc) is 2.05. The molecule has 1 aromatic rings. The van der Waals surface area contributed by atoms with Crippen molar-refractivity contribution in [3.8, 4) is 0 Å². The summed E-state index contributed by atoms with van der Waals surface area (Å²) in [7, 11) is 0. The zero-order valence-corrected chi connectivity index (χ0v) is 7.44. The molecule has 0 heterocycles. The Labute approximate surface area is 82.7 Å². The molecule has 15 heavy (non-hydrogen) atoms. The van der Waals surface area contributed by atoms with Gasteiger partial charge in [0, 0.05) is 5.56 Å². The molecule has 0 aromatic heterocycles. The number of hydrogen-bond acceptors (Lipinski definition) is 1. The minimum Gasteiger partial charge on any atom is -0.369 e. The topological polar surface area (TPSA) is 43.1 Å². The second kappa shape index (κ2) is 3.88. The van der Waals surface area contributed by atoms with E-state index in [9.17, 15) is 22.4 Å². The normalized spacial score (nSPS) is 11.5. The first kappa shape index (κ1) is 11.5. The van der Waals surface area contributed by atoms with Gasteiger partial charge in [0.25, 0.3) is 0 Å².